The molecule has 13 heavy (non-hydrogen) atoms. The van der Waals surface area contributed by atoms with Crippen LogP contribution >= 0.6 is 0 Å². The summed E-state index contributed by atoms with van der Waals surface area (Å²) in [5.41, 5.74) is -0.354. The number of aromatic nitrogens is 2. The van der Waals surface area contributed by atoms with Gasteiger partial charge < -0.3 is 4.98 Å². The summed E-state index contributed by atoms with van der Waals surface area (Å²) in [6.07, 6.45) is -2.07. The second kappa shape index (κ2) is 2.48. The number of nitrogens with one attached hydrogen (secondary N) is 1. The number of pyridine rings is 1. The molecule has 0 bridgehead atoms. The Hall–Kier alpha value is -1.52. The van der Waals surface area contributed by atoms with E-state index in [0.717, 1.165) is 6.20 Å². The molecule has 0 amide bonds. The first-order valence-electron chi connectivity index (χ1n) is 3.58. The van der Waals surface area contributed by atoms with Gasteiger partial charge in [0.05, 0.1) is 11.1 Å². The average Bonchev–Trinajstić information content (AvgIpc) is 2.45. The lowest BCUT2D eigenvalue weighted by atomic mass is 10.2. The molecule has 0 aromatic carbocycles. The zero-order valence-electron chi connectivity index (χ0n) is 6.39. The molecule has 0 aliphatic carbocycles. The fraction of sp³-hybridized carbons (Fsp3) is 0.125. The highest BCUT2D eigenvalue weighted by Gasteiger charge is 2.34. The van der Waals surface area contributed by atoms with Crippen molar-refractivity contribution in [3.63, 3.8) is 0 Å². The Morgan fingerprint density at radius 2 is 2.08 bits per heavy atom. The van der Waals surface area contributed by atoms with Crippen molar-refractivity contribution in [3.8, 4) is 0 Å². The summed E-state index contributed by atoms with van der Waals surface area (Å²) in [5.74, 6) is 0. The molecule has 0 atom stereocenters. The van der Waals surface area contributed by atoms with E-state index >= 15 is 0 Å². The molecule has 0 aliphatic heterocycles. The molecule has 2 aromatic heterocycles. The Morgan fingerprint density at radius 3 is 2.77 bits per heavy atom. The van der Waals surface area contributed by atoms with Gasteiger partial charge in [0.25, 0.3) is 0 Å². The molecule has 0 aliphatic rings. The number of rotatable bonds is 0. The van der Waals surface area contributed by atoms with Gasteiger partial charge in [-0.2, -0.15) is 13.2 Å². The molecular weight excluding hydrogens is 181 g/mol. The first kappa shape index (κ1) is 8.10. The van der Waals surface area contributed by atoms with Crippen LogP contribution in [0.4, 0.5) is 13.2 Å². The molecule has 2 heterocycles. The van der Waals surface area contributed by atoms with Gasteiger partial charge in [0.1, 0.15) is 5.52 Å². The third kappa shape index (κ3) is 1.26. The minimum Gasteiger partial charge on any atom is -0.359 e. The van der Waals surface area contributed by atoms with Crippen LogP contribution in [0.15, 0.2) is 24.5 Å². The van der Waals surface area contributed by atoms with Crippen LogP contribution in [0.2, 0.25) is 0 Å². The lowest BCUT2D eigenvalue weighted by molar-refractivity contribution is -0.136. The van der Waals surface area contributed by atoms with Crippen LogP contribution in [-0.2, 0) is 6.18 Å². The summed E-state index contributed by atoms with van der Waals surface area (Å²) in [6.45, 7) is 0. The summed E-state index contributed by atoms with van der Waals surface area (Å²) < 4.78 is 36.9. The van der Waals surface area contributed by atoms with E-state index in [1.165, 1.54) is 6.20 Å². The Balaban J connectivity index is 2.72. The van der Waals surface area contributed by atoms with E-state index in [9.17, 15) is 13.2 Å². The SMILES string of the molecule is FC(F)(F)c1c[nH]c2cccnc12. The lowest BCUT2D eigenvalue weighted by Crippen LogP contribution is -2.03. The highest BCUT2D eigenvalue weighted by Crippen LogP contribution is 2.33. The minimum atomic E-state index is -4.34. The van der Waals surface area contributed by atoms with Crippen molar-refractivity contribution in [1.82, 2.24) is 9.97 Å². The number of fused-ring (bicyclic) bond motifs is 1. The van der Waals surface area contributed by atoms with Crippen LogP contribution in [-0.4, -0.2) is 9.97 Å². The topological polar surface area (TPSA) is 28.7 Å². The summed E-state index contributed by atoms with van der Waals surface area (Å²) in [6, 6.07) is 3.14. The van der Waals surface area contributed by atoms with Gasteiger partial charge in [-0.1, -0.05) is 0 Å². The fourth-order valence-corrected chi connectivity index (χ4v) is 1.17. The maximum atomic E-state index is 12.3. The molecular formula is C8H5F3N2. The Kier molecular flexibility index (Phi) is 1.55. The van der Waals surface area contributed by atoms with Crippen molar-refractivity contribution in [3.05, 3.63) is 30.1 Å². The number of hydrogen-bond acceptors (Lipinski definition) is 1. The lowest BCUT2D eigenvalue weighted by Gasteiger charge is -2.02. The minimum absolute atomic E-state index is 0.0324. The van der Waals surface area contributed by atoms with Crippen molar-refractivity contribution in [1.29, 1.82) is 0 Å². The molecule has 0 radical (unpaired) electrons. The number of hydrogen-bond donors (Lipinski definition) is 1. The monoisotopic (exact) mass is 186 g/mol. The molecule has 0 fully saturated rings. The number of aromatic amines is 1. The van der Waals surface area contributed by atoms with Crippen LogP contribution < -0.4 is 0 Å². The Labute approximate surface area is 71.4 Å². The molecule has 2 nitrogen and oxygen atoms in total. The second-order valence-electron chi connectivity index (χ2n) is 2.60. The maximum Gasteiger partial charge on any atom is 0.419 e. The molecule has 0 unspecified atom stereocenters. The Bertz CT molecular complexity index is 430. The van der Waals surface area contributed by atoms with Crippen molar-refractivity contribution in [2.24, 2.45) is 0 Å². The third-order valence-corrected chi connectivity index (χ3v) is 1.74. The maximum absolute atomic E-state index is 12.3. The fourth-order valence-electron chi connectivity index (χ4n) is 1.17. The molecule has 5 heteroatoms. The predicted octanol–water partition coefficient (Wildman–Crippen LogP) is 2.58. The Morgan fingerprint density at radius 1 is 1.31 bits per heavy atom. The summed E-state index contributed by atoms with van der Waals surface area (Å²) in [5, 5.41) is 0. The quantitative estimate of drug-likeness (QED) is 0.673. The first-order valence-corrected chi connectivity index (χ1v) is 3.58. The molecule has 1 N–H and O–H groups in total. The molecule has 0 saturated heterocycles. The van der Waals surface area contributed by atoms with Crippen LogP contribution in [0.1, 0.15) is 5.56 Å². The largest absolute Gasteiger partial charge is 0.419 e. The number of nitrogens with zero attached hydrogens (tertiary/aromatic N) is 1. The van der Waals surface area contributed by atoms with Gasteiger partial charge in [-0.3, -0.25) is 4.98 Å². The zero-order valence-corrected chi connectivity index (χ0v) is 6.39. The second-order valence-corrected chi connectivity index (χ2v) is 2.60. The van der Waals surface area contributed by atoms with Gasteiger partial charge in [0.15, 0.2) is 0 Å². The molecule has 68 valence electrons. The number of halogens is 3. The van der Waals surface area contributed by atoms with Crippen LogP contribution in [0.3, 0.4) is 0 Å². The van der Waals surface area contributed by atoms with Crippen LogP contribution in [0.5, 0.6) is 0 Å². The standard InChI is InChI=1S/C8H5F3N2/c9-8(10,11)5-4-13-6-2-1-3-12-7(5)6/h1-4,13H. The highest BCUT2D eigenvalue weighted by atomic mass is 19.4. The van der Waals surface area contributed by atoms with E-state index in [1.54, 1.807) is 12.1 Å². The van der Waals surface area contributed by atoms with Crippen molar-refractivity contribution >= 4 is 11.0 Å². The summed E-state index contributed by atoms with van der Waals surface area (Å²) in [4.78, 5) is 6.17. The van der Waals surface area contributed by atoms with Gasteiger partial charge >= 0.3 is 6.18 Å². The molecule has 2 aromatic rings. The van der Waals surface area contributed by atoms with E-state index < -0.39 is 11.7 Å². The van der Waals surface area contributed by atoms with Crippen molar-refractivity contribution in [2.75, 3.05) is 0 Å². The van der Waals surface area contributed by atoms with E-state index in [0.29, 0.717) is 5.52 Å². The van der Waals surface area contributed by atoms with Crippen LogP contribution in [0.25, 0.3) is 11.0 Å². The summed E-state index contributed by atoms with van der Waals surface area (Å²) >= 11 is 0. The van der Waals surface area contributed by atoms with Crippen LogP contribution in [0, 0.1) is 0 Å². The highest BCUT2D eigenvalue weighted by molar-refractivity contribution is 5.79. The van der Waals surface area contributed by atoms with E-state index in [-0.39, 0.29) is 5.52 Å². The number of alkyl halides is 3. The van der Waals surface area contributed by atoms with Gasteiger partial charge in [-0.15, -0.1) is 0 Å². The van der Waals surface area contributed by atoms with Gasteiger partial charge in [-0.25, -0.2) is 0 Å². The van der Waals surface area contributed by atoms with Gasteiger partial charge in [0.2, 0.25) is 0 Å². The molecule has 0 spiro atoms. The molecule has 2 rings (SSSR count). The smallest absolute Gasteiger partial charge is 0.359 e. The molecule has 0 saturated carbocycles. The van der Waals surface area contributed by atoms with E-state index in [2.05, 4.69) is 9.97 Å². The number of H-pyrrole nitrogens is 1. The first-order chi connectivity index (χ1) is 6.09. The van der Waals surface area contributed by atoms with E-state index in [4.69, 9.17) is 0 Å². The summed E-state index contributed by atoms with van der Waals surface area (Å²) in [7, 11) is 0. The van der Waals surface area contributed by atoms with Gasteiger partial charge in [0, 0.05) is 12.4 Å². The third-order valence-electron chi connectivity index (χ3n) is 1.74. The predicted molar refractivity (Wildman–Crippen MR) is 41.1 cm³/mol. The zero-order chi connectivity index (χ0) is 9.47. The van der Waals surface area contributed by atoms with Crippen molar-refractivity contribution < 1.29 is 13.2 Å². The van der Waals surface area contributed by atoms with E-state index in [1.807, 2.05) is 0 Å². The van der Waals surface area contributed by atoms with Gasteiger partial charge in [-0.05, 0) is 12.1 Å². The normalized spacial score (nSPS) is 12.2. The average molecular weight is 186 g/mol. The van der Waals surface area contributed by atoms with Crippen molar-refractivity contribution in [2.45, 2.75) is 6.18 Å².